The summed E-state index contributed by atoms with van der Waals surface area (Å²) in [5.41, 5.74) is 3.16. The Bertz CT molecular complexity index is 1400. The van der Waals surface area contributed by atoms with Crippen LogP contribution in [0.15, 0.2) is 65.7 Å². The Labute approximate surface area is 211 Å². The first-order valence-corrected chi connectivity index (χ1v) is 12.4. The number of likely N-dealkylation sites (N-methyl/N-ethyl adjacent to an activating group) is 1. The highest BCUT2D eigenvalue weighted by atomic mass is 35.5. The van der Waals surface area contributed by atoms with Crippen LogP contribution in [0.25, 0.3) is 11.4 Å². The van der Waals surface area contributed by atoms with E-state index in [1.54, 1.807) is 39.7 Å². The van der Waals surface area contributed by atoms with Gasteiger partial charge >= 0.3 is 0 Å². The number of carbonyl (C=O) groups excluding carboxylic acids is 1. The smallest absolute Gasteiger partial charge is 0.261 e. The van der Waals surface area contributed by atoms with E-state index < -0.39 is 0 Å². The summed E-state index contributed by atoms with van der Waals surface area (Å²) in [5.74, 6) is -0.202. The van der Waals surface area contributed by atoms with Crippen molar-refractivity contribution in [2.75, 3.05) is 38.1 Å². The van der Waals surface area contributed by atoms with Crippen LogP contribution in [0.5, 0.6) is 0 Å². The molecule has 0 saturated carbocycles. The number of hydrogen-bond acceptors (Lipinski definition) is 7. The molecule has 1 amide bonds. The van der Waals surface area contributed by atoms with E-state index in [9.17, 15) is 9.59 Å². The molecule has 180 valence electrons. The minimum absolute atomic E-state index is 0.0876. The van der Waals surface area contributed by atoms with Gasteiger partial charge in [-0.05, 0) is 43.4 Å². The van der Waals surface area contributed by atoms with Gasteiger partial charge in [-0.2, -0.15) is 0 Å². The summed E-state index contributed by atoms with van der Waals surface area (Å²) in [4.78, 5) is 29.9. The van der Waals surface area contributed by atoms with Crippen molar-refractivity contribution < 1.29 is 4.79 Å². The van der Waals surface area contributed by atoms with E-state index in [4.69, 9.17) is 11.6 Å². The molecule has 1 aliphatic heterocycles. The van der Waals surface area contributed by atoms with Crippen LogP contribution in [-0.2, 0) is 6.54 Å². The first-order chi connectivity index (χ1) is 17.0. The van der Waals surface area contributed by atoms with E-state index in [0.717, 1.165) is 43.2 Å². The Kier molecular flexibility index (Phi) is 6.67. The lowest BCUT2D eigenvalue weighted by Crippen LogP contribution is -2.44. The number of piperazine rings is 1. The number of carbonyl (C=O) groups is 1. The van der Waals surface area contributed by atoms with Crippen LogP contribution >= 0.6 is 22.9 Å². The zero-order valence-corrected chi connectivity index (χ0v) is 20.7. The van der Waals surface area contributed by atoms with Crippen molar-refractivity contribution in [3.63, 3.8) is 0 Å². The predicted octanol–water partition coefficient (Wildman–Crippen LogP) is 2.81. The maximum Gasteiger partial charge on any atom is 0.261 e. The van der Waals surface area contributed by atoms with E-state index in [0.29, 0.717) is 14.9 Å². The number of benzene rings is 1. The molecule has 1 aromatic carbocycles. The molecule has 1 saturated heterocycles. The lowest BCUT2D eigenvalue weighted by Gasteiger charge is -2.35. The van der Waals surface area contributed by atoms with E-state index >= 15 is 0 Å². The monoisotopic (exact) mass is 509 g/mol. The van der Waals surface area contributed by atoms with Crippen LogP contribution in [0.1, 0.15) is 15.4 Å². The summed E-state index contributed by atoms with van der Waals surface area (Å²) in [6.07, 6.45) is 3.58. The summed E-state index contributed by atoms with van der Waals surface area (Å²) < 4.78 is 3.91. The number of anilines is 1. The fraction of sp³-hybridized carbons (Fsp3) is 0.250. The second kappa shape index (κ2) is 10.0. The average Bonchev–Trinajstić information content (AvgIpc) is 3.52. The molecule has 0 radical (unpaired) electrons. The lowest BCUT2D eigenvalue weighted by atomic mass is 10.2. The standard InChI is InChI=1S/C24H24ClN7O2S/c1-29-10-12-30(13-11-29)20-14-18(31-9-3-2-4-23(31)33)5-6-19(20)32-16-17(27-28-32)15-26-24(34)21-7-8-22(25)35-21/h2-9,14,16H,10-13,15H2,1H3,(H,26,34). The number of aromatic nitrogens is 4. The second-order valence-electron chi connectivity index (χ2n) is 8.31. The zero-order valence-electron chi connectivity index (χ0n) is 19.1. The van der Waals surface area contributed by atoms with E-state index in [2.05, 4.69) is 32.5 Å². The molecule has 5 rings (SSSR count). The van der Waals surface area contributed by atoms with Crippen molar-refractivity contribution in [3.05, 3.63) is 86.2 Å². The summed E-state index contributed by atoms with van der Waals surface area (Å²) in [6, 6.07) is 14.4. The number of thiophene rings is 1. The summed E-state index contributed by atoms with van der Waals surface area (Å²) in [5, 5.41) is 11.4. The van der Waals surface area contributed by atoms with Crippen LogP contribution in [0.3, 0.4) is 0 Å². The van der Waals surface area contributed by atoms with Crippen molar-refractivity contribution in [1.82, 2.24) is 29.8 Å². The first-order valence-electron chi connectivity index (χ1n) is 11.2. The van der Waals surface area contributed by atoms with Gasteiger partial charge in [0.2, 0.25) is 0 Å². The van der Waals surface area contributed by atoms with Gasteiger partial charge in [0, 0.05) is 38.4 Å². The Morgan fingerprint density at radius 2 is 1.91 bits per heavy atom. The summed E-state index contributed by atoms with van der Waals surface area (Å²) in [6.45, 7) is 3.84. The number of pyridine rings is 1. The van der Waals surface area contributed by atoms with Gasteiger partial charge in [-0.25, -0.2) is 4.68 Å². The molecule has 0 bridgehead atoms. The molecular weight excluding hydrogens is 486 g/mol. The Morgan fingerprint density at radius 3 is 2.66 bits per heavy atom. The maximum atomic E-state index is 12.4. The minimum Gasteiger partial charge on any atom is -0.367 e. The predicted molar refractivity (Wildman–Crippen MR) is 137 cm³/mol. The van der Waals surface area contributed by atoms with Gasteiger partial charge in [0.15, 0.2) is 0 Å². The number of nitrogens with zero attached hydrogens (tertiary/aromatic N) is 6. The molecule has 1 fully saturated rings. The number of rotatable bonds is 6. The quantitative estimate of drug-likeness (QED) is 0.430. The van der Waals surface area contributed by atoms with Crippen molar-refractivity contribution in [3.8, 4) is 11.4 Å². The van der Waals surface area contributed by atoms with Crippen molar-refractivity contribution in [1.29, 1.82) is 0 Å². The van der Waals surface area contributed by atoms with Gasteiger partial charge in [-0.15, -0.1) is 16.4 Å². The molecular formula is C24H24ClN7O2S. The highest BCUT2D eigenvalue weighted by Crippen LogP contribution is 2.28. The Balaban J connectivity index is 1.42. The first kappa shape index (κ1) is 23.3. The van der Waals surface area contributed by atoms with Crippen LogP contribution in [-0.4, -0.2) is 63.6 Å². The summed E-state index contributed by atoms with van der Waals surface area (Å²) in [7, 11) is 2.11. The fourth-order valence-electron chi connectivity index (χ4n) is 3.99. The van der Waals surface area contributed by atoms with Gasteiger partial charge in [0.05, 0.1) is 39.0 Å². The number of nitrogens with one attached hydrogen (secondary N) is 1. The van der Waals surface area contributed by atoms with Gasteiger partial charge < -0.3 is 15.1 Å². The third-order valence-electron chi connectivity index (χ3n) is 5.92. The molecule has 4 heterocycles. The third-order valence-corrected chi connectivity index (χ3v) is 7.15. The molecule has 0 atom stereocenters. The average molecular weight is 510 g/mol. The molecule has 11 heteroatoms. The number of amides is 1. The van der Waals surface area contributed by atoms with Gasteiger partial charge in [0.1, 0.15) is 5.69 Å². The third kappa shape index (κ3) is 5.14. The molecule has 35 heavy (non-hydrogen) atoms. The van der Waals surface area contributed by atoms with Gasteiger partial charge in [-0.3, -0.25) is 14.2 Å². The highest BCUT2D eigenvalue weighted by Gasteiger charge is 2.20. The summed E-state index contributed by atoms with van der Waals surface area (Å²) >= 11 is 7.16. The van der Waals surface area contributed by atoms with Crippen molar-refractivity contribution in [2.45, 2.75) is 6.54 Å². The molecule has 3 aromatic heterocycles. The largest absolute Gasteiger partial charge is 0.367 e. The number of hydrogen-bond donors (Lipinski definition) is 1. The normalized spacial score (nSPS) is 14.3. The van der Waals surface area contributed by atoms with E-state index in [1.807, 2.05) is 30.5 Å². The van der Waals surface area contributed by atoms with Crippen LogP contribution < -0.4 is 15.8 Å². The maximum absolute atomic E-state index is 12.4. The Morgan fingerprint density at radius 1 is 1.09 bits per heavy atom. The zero-order chi connectivity index (χ0) is 24.4. The molecule has 0 unspecified atom stereocenters. The fourth-order valence-corrected chi connectivity index (χ4v) is 4.95. The van der Waals surface area contributed by atoms with Gasteiger partial charge in [0.25, 0.3) is 11.5 Å². The molecule has 9 nitrogen and oxygen atoms in total. The van der Waals surface area contributed by atoms with Crippen LogP contribution in [0.4, 0.5) is 5.69 Å². The van der Waals surface area contributed by atoms with Crippen molar-refractivity contribution >= 4 is 34.5 Å². The molecule has 4 aromatic rings. The lowest BCUT2D eigenvalue weighted by molar-refractivity contribution is 0.0954. The van der Waals surface area contributed by atoms with Crippen LogP contribution in [0.2, 0.25) is 4.34 Å². The van der Waals surface area contributed by atoms with Crippen molar-refractivity contribution in [2.24, 2.45) is 0 Å². The number of halogens is 1. The Hall–Kier alpha value is -3.47. The van der Waals surface area contributed by atoms with Crippen LogP contribution in [0, 0.1) is 0 Å². The molecule has 0 spiro atoms. The topological polar surface area (TPSA) is 88.3 Å². The molecule has 1 N–H and O–H groups in total. The minimum atomic E-state index is -0.202. The van der Waals surface area contributed by atoms with Gasteiger partial charge in [-0.1, -0.05) is 22.9 Å². The second-order valence-corrected chi connectivity index (χ2v) is 10.0. The van der Waals surface area contributed by atoms with E-state index in [1.165, 1.54) is 11.3 Å². The highest BCUT2D eigenvalue weighted by molar-refractivity contribution is 7.17. The molecule has 0 aliphatic carbocycles. The SMILES string of the molecule is CN1CCN(c2cc(-n3ccccc3=O)ccc2-n2cc(CNC(=O)c3ccc(Cl)s3)nn2)CC1. The van der Waals surface area contributed by atoms with E-state index in [-0.39, 0.29) is 18.0 Å². The molecule has 1 aliphatic rings.